The van der Waals surface area contributed by atoms with E-state index in [1.165, 1.54) is 16.8 Å². The molecule has 0 aromatic heterocycles. The summed E-state index contributed by atoms with van der Waals surface area (Å²) < 4.78 is 5.15. The molecular weight excluding hydrogens is 272 g/mol. The van der Waals surface area contributed by atoms with E-state index in [1.54, 1.807) is 7.11 Å². The number of hydrogen-bond acceptors (Lipinski definition) is 3. The zero-order valence-corrected chi connectivity index (χ0v) is 12.1. The van der Waals surface area contributed by atoms with Gasteiger partial charge in [0.2, 0.25) is 0 Å². The zero-order valence-electron chi connectivity index (χ0n) is 11.4. The Hall–Kier alpha value is -1.87. The van der Waals surface area contributed by atoms with Crippen molar-refractivity contribution >= 4 is 23.0 Å². The van der Waals surface area contributed by atoms with Gasteiger partial charge in [0, 0.05) is 24.5 Å². The molecule has 0 saturated heterocycles. The Morgan fingerprint density at radius 3 is 3.00 bits per heavy atom. The van der Waals surface area contributed by atoms with Gasteiger partial charge in [-0.3, -0.25) is 0 Å². The molecule has 0 spiro atoms. The second kappa shape index (κ2) is 5.63. The largest absolute Gasteiger partial charge is 0.495 e. The number of fused-ring (bicyclic) bond motifs is 1. The molecule has 2 N–H and O–H groups in total. The van der Waals surface area contributed by atoms with Crippen molar-refractivity contribution < 1.29 is 4.74 Å². The van der Waals surface area contributed by atoms with E-state index in [2.05, 4.69) is 28.8 Å². The lowest BCUT2D eigenvalue weighted by molar-refractivity contribution is 0.415. The predicted molar refractivity (Wildman–Crippen MR) is 84.0 cm³/mol. The van der Waals surface area contributed by atoms with E-state index >= 15 is 0 Å². The van der Waals surface area contributed by atoms with Crippen molar-refractivity contribution in [1.29, 1.82) is 0 Å². The highest BCUT2D eigenvalue weighted by atomic mass is 35.5. The Labute approximate surface area is 123 Å². The first kappa shape index (κ1) is 13.1. The van der Waals surface area contributed by atoms with Crippen molar-refractivity contribution in [2.45, 2.75) is 13.0 Å². The highest BCUT2D eigenvalue weighted by molar-refractivity contribution is 6.32. The zero-order chi connectivity index (χ0) is 13.9. The van der Waals surface area contributed by atoms with Crippen LogP contribution in [0.25, 0.3) is 0 Å². The number of anilines is 2. The van der Waals surface area contributed by atoms with Crippen molar-refractivity contribution in [3.05, 3.63) is 52.5 Å². The molecule has 3 nitrogen and oxygen atoms in total. The third kappa shape index (κ3) is 2.54. The van der Waals surface area contributed by atoms with E-state index in [1.807, 2.05) is 18.2 Å². The van der Waals surface area contributed by atoms with Crippen LogP contribution in [-0.2, 0) is 13.0 Å². The molecule has 0 aliphatic carbocycles. The smallest absolute Gasteiger partial charge is 0.137 e. The molecule has 0 unspecified atom stereocenters. The van der Waals surface area contributed by atoms with E-state index in [-0.39, 0.29) is 0 Å². The van der Waals surface area contributed by atoms with Crippen molar-refractivity contribution in [3.8, 4) is 5.75 Å². The monoisotopic (exact) mass is 288 g/mol. The van der Waals surface area contributed by atoms with Gasteiger partial charge in [-0.2, -0.15) is 0 Å². The van der Waals surface area contributed by atoms with Crippen LogP contribution < -0.4 is 15.4 Å². The summed E-state index contributed by atoms with van der Waals surface area (Å²) in [6, 6.07) is 12.2. The van der Waals surface area contributed by atoms with Gasteiger partial charge in [-0.05, 0) is 35.7 Å². The summed E-state index contributed by atoms with van der Waals surface area (Å²) in [6.45, 7) is 1.81. The summed E-state index contributed by atoms with van der Waals surface area (Å²) in [7, 11) is 1.62. The Morgan fingerprint density at radius 2 is 2.20 bits per heavy atom. The Bertz CT molecular complexity index is 628. The van der Waals surface area contributed by atoms with E-state index in [4.69, 9.17) is 16.3 Å². The highest BCUT2D eigenvalue weighted by Crippen LogP contribution is 2.29. The van der Waals surface area contributed by atoms with Gasteiger partial charge in [-0.25, -0.2) is 0 Å². The third-order valence-corrected chi connectivity index (χ3v) is 3.86. The molecule has 20 heavy (non-hydrogen) atoms. The number of benzene rings is 2. The molecule has 0 saturated carbocycles. The third-order valence-electron chi connectivity index (χ3n) is 3.57. The molecule has 3 rings (SSSR count). The Balaban J connectivity index is 1.74. The van der Waals surface area contributed by atoms with Gasteiger partial charge in [0.15, 0.2) is 0 Å². The molecule has 104 valence electrons. The second-order valence-electron chi connectivity index (χ2n) is 4.83. The lowest BCUT2D eigenvalue weighted by Gasteiger charge is -2.12. The molecule has 0 bridgehead atoms. The quantitative estimate of drug-likeness (QED) is 0.894. The summed E-state index contributed by atoms with van der Waals surface area (Å²) in [6.07, 6.45) is 1.11. The summed E-state index contributed by atoms with van der Waals surface area (Å²) >= 11 is 6.13. The number of methoxy groups -OCH3 is 1. The van der Waals surface area contributed by atoms with E-state index in [9.17, 15) is 0 Å². The number of para-hydroxylation sites is 1. The van der Waals surface area contributed by atoms with Crippen molar-refractivity contribution in [3.63, 3.8) is 0 Å². The van der Waals surface area contributed by atoms with Gasteiger partial charge >= 0.3 is 0 Å². The summed E-state index contributed by atoms with van der Waals surface area (Å²) in [5, 5.41) is 7.47. The van der Waals surface area contributed by atoms with Crippen LogP contribution >= 0.6 is 11.6 Å². The van der Waals surface area contributed by atoms with Gasteiger partial charge < -0.3 is 15.4 Å². The topological polar surface area (TPSA) is 33.3 Å². The molecule has 0 radical (unpaired) electrons. The van der Waals surface area contributed by atoms with Crippen molar-refractivity contribution in [2.75, 3.05) is 24.3 Å². The number of hydrogen-bond donors (Lipinski definition) is 2. The molecule has 1 aliphatic heterocycles. The van der Waals surface area contributed by atoms with E-state index in [0.29, 0.717) is 10.8 Å². The molecule has 2 aromatic carbocycles. The minimum Gasteiger partial charge on any atom is -0.495 e. The van der Waals surface area contributed by atoms with Crippen LogP contribution in [-0.4, -0.2) is 13.7 Å². The highest BCUT2D eigenvalue weighted by Gasteiger charge is 2.13. The lowest BCUT2D eigenvalue weighted by atomic mass is 10.1. The minimum absolute atomic E-state index is 0.619. The first-order chi connectivity index (χ1) is 9.78. The van der Waals surface area contributed by atoms with Gasteiger partial charge in [0.05, 0.1) is 12.1 Å². The number of nitrogens with one attached hydrogen (secondary N) is 2. The van der Waals surface area contributed by atoms with Crippen LogP contribution in [0, 0.1) is 0 Å². The standard InChI is InChI=1S/C16H17ClN2O/c1-20-15-6-5-13(9-14(15)17)19-10-12-4-2-3-11-7-8-18-16(11)12/h2-6,9,18-19H,7-8,10H2,1H3. The van der Waals surface area contributed by atoms with Gasteiger partial charge in [0.1, 0.15) is 5.75 Å². The summed E-state index contributed by atoms with van der Waals surface area (Å²) in [5.41, 5.74) is 4.95. The molecule has 1 heterocycles. The summed E-state index contributed by atoms with van der Waals surface area (Å²) in [4.78, 5) is 0. The van der Waals surface area contributed by atoms with E-state index < -0.39 is 0 Å². The fourth-order valence-corrected chi connectivity index (χ4v) is 2.79. The summed E-state index contributed by atoms with van der Waals surface area (Å²) in [5.74, 6) is 0.694. The van der Waals surface area contributed by atoms with Crippen LogP contribution in [0.1, 0.15) is 11.1 Å². The molecule has 2 aromatic rings. The fraction of sp³-hybridized carbons (Fsp3) is 0.250. The minimum atomic E-state index is 0.619. The Kier molecular flexibility index (Phi) is 3.70. The maximum Gasteiger partial charge on any atom is 0.137 e. The molecule has 0 atom stereocenters. The van der Waals surface area contributed by atoms with Crippen LogP contribution in [0.15, 0.2) is 36.4 Å². The molecular formula is C16H17ClN2O. The van der Waals surface area contributed by atoms with Crippen LogP contribution in [0.3, 0.4) is 0 Å². The SMILES string of the molecule is COc1ccc(NCc2cccc3c2NCC3)cc1Cl. The van der Waals surface area contributed by atoms with Crippen molar-refractivity contribution in [2.24, 2.45) is 0 Å². The van der Waals surface area contributed by atoms with Crippen LogP contribution in [0.5, 0.6) is 5.75 Å². The molecule has 0 fully saturated rings. The van der Waals surface area contributed by atoms with Crippen molar-refractivity contribution in [1.82, 2.24) is 0 Å². The maximum atomic E-state index is 6.13. The number of halogens is 1. The van der Waals surface area contributed by atoms with Crippen LogP contribution in [0.2, 0.25) is 5.02 Å². The van der Waals surface area contributed by atoms with Gasteiger partial charge in [0.25, 0.3) is 0 Å². The average Bonchev–Trinajstić information content (AvgIpc) is 2.94. The fourth-order valence-electron chi connectivity index (χ4n) is 2.53. The Morgan fingerprint density at radius 1 is 1.30 bits per heavy atom. The molecule has 4 heteroatoms. The molecule has 1 aliphatic rings. The lowest BCUT2D eigenvalue weighted by Crippen LogP contribution is -2.03. The average molecular weight is 289 g/mol. The second-order valence-corrected chi connectivity index (χ2v) is 5.24. The number of rotatable bonds is 4. The van der Waals surface area contributed by atoms with Crippen LogP contribution in [0.4, 0.5) is 11.4 Å². The molecule has 0 amide bonds. The van der Waals surface area contributed by atoms with E-state index in [0.717, 1.165) is 25.2 Å². The first-order valence-electron chi connectivity index (χ1n) is 6.70. The maximum absolute atomic E-state index is 6.13. The van der Waals surface area contributed by atoms with Gasteiger partial charge in [-0.15, -0.1) is 0 Å². The normalized spacial score (nSPS) is 12.7. The predicted octanol–water partition coefficient (Wildman–Crippen LogP) is 3.93. The van der Waals surface area contributed by atoms with Gasteiger partial charge in [-0.1, -0.05) is 29.8 Å². The number of ether oxygens (including phenoxy) is 1. The first-order valence-corrected chi connectivity index (χ1v) is 7.08.